The van der Waals surface area contributed by atoms with Crippen LogP contribution in [0.4, 0.5) is 5.82 Å². The zero-order valence-corrected chi connectivity index (χ0v) is 12.2. The SMILES string of the molecule is CCOc1cc(NC(C)CC)nc(CC(C)C)n1. The number of nitrogens with zero attached hydrogens (tertiary/aromatic N) is 2. The minimum Gasteiger partial charge on any atom is -0.478 e. The van der Waals surface area contributed by atoms with Crippen LogP contribution in [-0.4, -0.2) is 22.6 Å². The normalized spacial score (nSPS) is 12.6. The number of aromatic nitrogens is 2. The summed E-state index contributed by atoms with van der Waals surface area (Å²) < 4.78 is 5.49. The van der Waals surface area contributed by atoms with E-state index in [2.05, 4.69) is 43.0 Å². The number of hydrogen-bond donors (Lipinski definition) is 1. The Morgan fingerprint density at radius 1 is 1.22 bits per heavy atom. The highest BCUT2D eigenvalue weighted by Gasteiger charge is 2.08. The highest BCUT2D eigenvalue weighted by atomic mass is 16.5. The van der Waals surface area contributed by atoms with E-state index in [1.54, 1.807) is 0 Å². The van der Waals surface area contributed by atoms with Crippen LogP contribution in [-0.2, 0) is 6.42 Å². The van der Waals surface area contributed by atoms with Gasteiger partial charge in [-0.3, -0.25) is 0 Å². The van der Waals surface area contributed by atoms with E-state index in [9.17, 15) is 0 Å². The lowest BCUT2D eigenvalue weighted by Crippen LogP contribution is -2.16. The molecule has 1 N–H and O–H groups in total. The molecule has 0 saturated carbocycles. The summed E-state index contributed by atoms with van der Waals surface area (Å²) in [5, 5.41) is 3.37. The predicted molar refractivity (Wildman–Crippen MR) is 75.1 cm³/mol. The Morgan fingerprint density at radius 3 is 2.50 bits per heavy atom. The molecule has 1 atom stereocenters. The fraction of sp³-hybridized carbons (Fsp3) is 0.714. The number of hydrogen-bond acceptors (Lipinski definition) is 4. The molecule has 1 rings (SSSR count). The van der Waals surface area contributed by atoms with E-state index < -0.39 is 0 Å². The zero-order chi connectivity index (χ0) is 13.5. The van der Waals surface area contributed by atoms with Crippen molar-refractivity contribution >= 4 is 5.82 Å². The Morgan fingerprint density at radius 2 is 1.94 bits per heavy atom. The van der Waals surface area contributed by atoms with Gasteiger partial charge in [0.2, 0.25) is 5.88 Å². The largest absolute Gasteiger partial charge is 0.478 e. The van der Waals surface area contributed by atoms with Crippen molar-refractivity contribution in [1.29, 1.82) is 0 Å². The van der Waals surface area contributed by atoms with Gasteiger partial charge in [-0.25, -0.2) is 4.98 Å². The van der Waals surface area contributed by atoms with Gasteiger partial charge in [0.1, 0.15) is 11.6 Å². The van der Waals surface area contributed by atoms with Crippen LogP contribution in [0.5, 0.6) is 5.88 Å². The fourth-order valence-electron chi connectivity index (χ4n) is 1.58. The van der Waals surface area contributed by atoms with Crippen LogP contribution in [0.15, 0.2) is 6.07 Å². The molecule has 0 aliphatic rings. The van der Waals surface area contributed by atoms with Crippen molar-refractivity contribution in [2.45, 2.75) is 53.5 Å². The molecule has 1 unspecified atom stereocenters. The van der Waals surface area contributed by atoms with Crippen LogP contribution in [0.2, 0.25) is 0 Å². The highest BCUT2D eigenvalue weighted by Crippen LogP contribution is 2.16. The first-order valence-electron chi connectivity index (χ1n) is 6.82. The molecule has 0 spiro atoms. The number of ether oxygens (including phenoxy) is 1. The van der Waals surface area contributed by atoms with Crippen molar-refractivity contribution in [2.75, 3.05) is 11.9 Å². The molecule has 0 aliphatic carbocycles. The van der Waals surface area contributed by atoms with Gasteiger partial charge in [0.05, 0.1) is 6.61 Å². The maximum Gasteiger partial charge on any atom is 0.218 e. The summed E-state index contributed by atoms with van der Waals surface area (Å²) in [5.74, 6) is 2.91. The molecule has 0 saturated heterocycles. The van der Waals surface area contributed by atoms with Gasteiger partial charge in [0.15, 0.2) is 0 Å². The van der Waals surface area contributed by atoms with Crippen molar-refractivity contribution in [2.24, 2.45) is 5.92 Å². The third kappa shape index (κ3) is 4.90. The minimum absolute atomic E-state index is 0.404. The summed E-state index contributed by atoms with van der Waals surface area (Å²) in [4.78, 5) is 8.96. The zero-order valence-electron chi connectivity index (χ0n) is 12.2. The molecular weight excluding hydrogens is 226 g/mol. The average Bonchev–Trinajstić information content (AvgIpc) is 2.28. The summed E-state index contributed by atoms with van der Waals surface area (Å²) in [6.45, 7) is 11.2. The first kappa shape index (κ1) is 14.7. The quantitative estimate of drug-likeness (QED) is 0.808. The first-order valence-corrected chi connectivity index (χ1v) is 6.82. The van der Waals surface area contributed by atoms with E-state index >= 15 is 0 Å². The Labute approximate surface area is 110 Å². The van der Waals surface area contributed by atoms with Crippen molar-refractivity contribution in [3.63, 3.8) is 0 Å². The van der Waals surface area contributed by atoms with Crippen LogP contribution in [0, 0.1) is 5.92 Å². The lowest BCUT2D eigenvalue weighted by molar-refractivity contribution is 0.324. The molecule has 0 amide bonds. The Bertz CT molecular complexity index is 366. The van der Waals surface area contributed by atoms with Gasteiger partial charge in [-0.1, -0.05) is 20.8 Å². The van der Waals surface area contributed by atoms with Crippen molar-refractivity contribution in [3.8, 4) is 5.88 Å². The topological polar surface area (TPSA) is 47.0 Å². The highest BCUT2D eigenvalue weighted by molar-refractivity contribution is 5.39. The lowest BCUT2D eigenvalue weighted by Gasteiger charge is -2.14. The molecule has 0 bridgehead atoms. The summed E-state index contributed by atoms with van der Waals surface area (Å²) in [6, 6.07) is 2.28. The Kier molecular flexibility index (Phi) is 5.89. The van der Waals surface area contributed by atoms with E-state index in [0.29, 0.717) is 24.4 Å². The van der Waals surface area contributed by atoms with Gasteiger partial charge < -0.3 is 10.1 Å². The monoisotopic (exact) mass is 251 g/mol. The number of anilines is 1. The second kappa shape index (κ2) is 7.19. The average molecular weight is 251 g/mol. The van der Waals surface area contributed by atoms with Gasteiger partial charge >= 0.3 is 0 Å². The van der Waals surface area contributed by atoms with E-state index in [1.165, 1.54) is 0 Å². The molecular formula is C14H25N3O. The molecule has 0 fully saturated rings. The van der Waals surface area contributed by atoms with Gasteiger partial charge in [-0.15, -0.1) is 0 Å². The van der Waals surface area contributed by atoms with Crippen LogP contribution < -0.4 is 10.1 Å². The molecule has 1 heterocycles. The molecule has 0 radical (unpaired) electrons. The molecule has 1 aromatic heterocycles. The second-order valence-electron chi connectivity index (χ2n) is 4.99. The van der Waals surface area contributed by atoms with Crippen LogP contribution in [0.25, 0.3) is 0 Å². The van der Waals surface area contributed by atoms with E-state index in [1.807, 2.05) is 13.0 Å². The van der Waals surface area contributed by atoms with Crippen LogP contribution in [0.1, 0.15) is 46.9 Å². The van der Waals surface area contributed by atoms with Crippen LogP contribution in [0.3, 0.4) is 0 Å². The predicted octanol–water partition coefficient (Wildman–Crippen LogP) is 3.28. The Balaban J connectivity index is 2.90. The molecule has 0 aromatic carbocycles. The Hall–Kier alpha value is -1.32. The molecule has 1 aromatic rings. The van der Waals surface area contributed by atoms with Crippen molar-refractivity contribution < 1.29 is 4.74 Å². The lowest BCUT2D eigenvalue weighted by atomic mass is 10.1. The maximum absolute atomic E-state index is 5.49. The van der Waals surface area contributed by atoms with E-state index in [-0.39, 0.29) is 0 Å². The van der Waals surface area contributed by atoms with Gasteiger partial charge in [-0.05, 0) is 26.2 Å². The molecule has 4 heteroatoms. The van der Waals surface area contributed by atoms with E-state index in [0.717, 1.165) is 24.5 Å². The van der Waals surface area contributed by atoms with Gasteiger partial charge in [-0.2, -0.15) is 4.98 Å². The third-order valence-electron chi connectivity index (χ3n) is 2.64. The fourth-order valence-corrected chi connectivity index (χ4v) is 1.58. The smallest absolute Gasteiger partial charge is 0.218 e. The molecule has 102 valence electrons. The van der Waals surface area contributed by atoms with Gasteiger partial charge in [0, 0.05) is 18.5 Å². The molecule has 18 heavy (non-hydrogen) atoms. The second-order valence-corrected chi connectivity index (χ2v) is 4.99. The van der Waals surface area contributed by atoms with Crippen molar-refractivity contribution in [3.05, 3.63) is 11.9 Å². The molecule has 4 nitrogen and oxygen atoms in total. The summed E-state index contributed by atoms with van der Waals surface area (Å²) >= 11 is 0. The van der Waals surface area contributed by atoms with E-state index in [4.69, 9.17) is 4.74 Å². The minimum atomic E-state index is 0.404. The summed E-state index contributed by atoms with van der Waals surface area (Å²) in [6.07, 6.45) is 1.93. The molecule has 0 aliphatic heterocycles. The summed E-state index contributed by atoms with van der Waals surface area (Å²) in [5.41, 5.74) is 0. The number of nitrogens with one attached hydrogen (secondary N) is 1. The van der Waals surface area contributed by atoms with Crippen molar-refractivity contribution in [1.82, 2.24) is 9.97 Å². The van der Waals surface area contributed by atoms with Crippen LogP contribution >= 0.6 is 0 Å². The standard InChI is InChI=1S/C14H25N3O/c1-6-11(5)15-13-9-14(18-7-2)17-12(16-13)8-10(3)4/h9-11H,6-8H2,1-5H3,(H,15,16,17). The first-order chi connectivity index (χ1) is 8.55. The summed E-state index contributed by atoms with van der Waals surface area (Å²) in [7, 11) is 0. The number of rotatable bonds is 7. The van der Waals surface area contributed by atoms with Gasteiger partial charge in [0.25, 0.3) is 0 Å². The third-order valence-corrected chi connectivity index (χ3v) is 2.64. The maximum atomic E-state index is 5.49.